The molecular weight excluding hydrogens is 336 g/mol. The van der Waals surface area contributed by atoms with E-state index in [4.69, 9.17) is 16.4 Å². The molecular formula is C20H25ClN2O2. The molecule has 3 aliphatic rings. The average Bonchev–Trinajstić information content (AvgIpc) is 3.09. The predicted octanol–water partition coefficient (Wildman–Crippen LogP) is 4.26. The SMILES string of the molecule is CC1(C)C[C@@H]2C[C@](C)(CN2C(=O)[C@@H]2CC(c3ccc(Cl)cc3)=NO2)C1. The van der Waals surface area contributed by atoms with Crippen LogP contribution in [0.4, 0.5) is 0 Å². The second kappa shape index (κ2) is 5.73. The molecule has 1 aromatic rings. The first kappa shape index (κ1) is 16.9. The van der Waals surface area contributed by atoms with Gasteiger partial charge in [0.1, 0.15) is 0 Å². The third-order valence-corrected chi connectivity index (χ3v) is 6.07. The Labute approximate surface area is 154 Å². The van der Waals surface area contributed by atoms with Crippen LogP contribution in [0.3, 0.4) is 0 Å². The van der Waals surface area contributed by atoms with E-state index in [1.807, 2.05) is 24.3 Å². The fourth-order valence-corrected chi connectivity index (χ4v) is 5.35. The van der Waals surface area contributed by atoms with E-state index in [0.717, 1.165) is 30.7 Å². The minimum absolute atomic E-state index is 0.0964. The summed E-state index contributed by atoms with van der Waals surface area (Å²) >= 11 is 5.94. The summed E-state index contributed by atoms with van der Waals surface area (Å²) in [7, 11) is 0. The number of carbonyl (C=O) groups excluding carboxylic acids is 1. The molecule has 2 fully saturated rings. The highest BCUT2D eigenvalue weighted by molar-refractivity contribution is 6.30. The van der Waals surface area contributed by atoms with Crippen molar-refractivity contribution in [2.45, 2.75) is 58.6 Å². The van der Waals surface area contributed by atoms with E-state index in [1.165, 1.54) is 6.42 Å². The van der Waals surface area contributed by atoms with Crippen LogP contribution in [0.15, 0.2) is 29.4 Å². The lowest BCUT2D eigenvalue weighted by Crippen LogP contribution is -2.43. The maximum absolute atomic E-state index is 13.1. The quantitative estimate of drug-likeness (QED) is 0.790. The van der Waals surface area contributed by atoms with Crippen molar-refractivity contribution >= 4 is 23.2 Å². The van der Waals surface area contributed by atoms with Crippen LogP contribution in [-0.2, 0) is 9.63 Å². The van der Waals surface area contributed by atoms with Crippen LogP contribution in [0.2, 0.25) is 5.02 Å². The van der Waals surface area contributed by atoms with Gasteiger partial charge in [-0.15, -0.1) is 0 Å². The molecule has 0 N–H and O–H groups in total. The Morgan fingerprint density at radius 3 is 2.68 bits per heavy atom. The van der Waals surface area contributed by atoms with Gasteiger partial charge in [-0.3, -0.25) is 4.79 Å². The standard InChI is InChI=1S/C20H25ClN2O2/c1-19(2)9-15-10-20(3,11-19)12-23(15)18(24)17-8-16(22-25-17)13-4-6-14(21)7-5-13/h4-7,15,17H,8-12H2,1-3H3/t15-,17+,20+/m1/s1. The number of benzene rings is 1. The lowest BCUT2D eigenvalue weighted by atomic mass is 9.65. The molecule has 4 nitrogen and oxygen atoms in total. The van der Waals surface area contributed by atoms with Crippen molar-refractivity contribution < 1.29 is 9.63 Å². The molecule has 2 heterocycles. The van der Waals surface area contributed by atoms with Gasteiger partial charge in [-0.05, 0) is 47.8 Å². The van der Waals surface area contributed by atoms with E-state index in [0.29, 0.717) is 22.9 Å². The monoisotopic (exact) mass is 360 g/mol. The number of halogens is 1. The summed E-state index contributed by atoms with van der Waals surface area (Å²) in [6.07, 6.45) is 3.41. The number of hydrogen-bond donors (Lipinski definition) is 0. The first-order valence-corrected chi connectivity index (χ1v) is 9.42. The summed E-state index contributed by atoms with van der Waals surface area (Å²) in [5.41, 5.74) is 2.33. The molecule has 1 amide bonds. The molecule has 1 aromatic carbocycles. The summed E-state index contributed by atoms with van der Waals surface area (Å²) < 4.78 is 0. The highest BCUT2D eigenvalue weighted by Gasteiger charge is 2.52. The Morgan fingerprint density at radius 1 is 1.24 bits per heavy atom. The number of nitrogens with zero attached hydrogens (tertiary/aromatic N) is 2. The maximum Gasteiger partial charge on any atom is 0.267 e. The van der Waals surface area contributed by atoms with Crippen molar-refractivity contribution in [1.29, 1.82) is 0 Å². The topological polar surface area (TPSA) is 41.9 Å². The van der Waals surface area contributed by atoms with Crippen LogP contribution in [0.25, 0.3) is 0 Å². The molecule has 0 unspecified atom stereocenters. The van der Waals surface area contributed by atoms with E-state index in [1.54, 1.807) is 0 Å². The molecule has 134 valence electrons. The number of likely N-dealkylation sites (tertiary alicyclic amines) is 1. The van der Waals surface area contributed by atoms with E-state index in [-0.39, 0.29) is 11.3 Å². The zero-order valence-electron chi connectivity index (χ0n) is 15.1. The summed E-state index contributed by atoms with van der Waals surface area (Å²) in [5.74, 6) is 0.0964. The van der Waals surface area contributed by atoms with Gasteiger partial charge in [-0.2, -0.15) is 0 Å². The maximum atomic E-state index is 13.1. The molecule has 25 heavy (non-hydrogen) atoms. The second-order valence-corrected chi connectivity index (χ2v) is 9.46. The number of amides is 1. The van der Waals surface area contributed by atoms with Crippen molar-refractivity contribution in [3.8, 4) is 0 Å². The Bertz CT molecular complexity index is 728. The fourth-order valence-electron chi connectivity index (χ4n) is 5.23. The van der Waals surface area contributed by atoms with E-state index < -0.39 is 6.10 Å². The molecule has 3 atom stereocenters. The molecule has 1 aliphatic carbocycles. The summed E-state index contributed by atoms with van der Waals surface area (Å²) in [6.45, 7) is 7.80. The lowest BCUT2D eigenvalue weighted by molar-refractivity contribution is -0.143. The van der Waals surface area contributed by atoms with Crippen LogP contribution in [0.5, 0.6) is 0 Å². The van der Waals surface area contributed by atoms with Gasteiger partial charge in [-0.1, -0.05) is 49.7 Å². The van der Waals surface area contributed by atoms with Crippen LogP contribution >= 0.6 is 11.6 Å². The zero-order valence-corrected chi connectivity index (χ0v) is 15.8. The normalized spacial score (nSPS) is 33.1. The Kier molecular flexibility index (Phi) is 3.87. The van der Waals surface area contributed by atoms with Crippen molar-refractivity contribution in [3.05, 3.63) is 34.9 Å². The first-order chi connectivity index (χ1) is 11.7. The average molecular weight is 361 g/mol. The van der Waals surface area contributed by atoms with E-state index in [2.05, 4.69) is 30.8 Å². The third-order valence-electron chi connectivity index (χ3n) is 5.82. The highest BCUT2D eigenvalue weighted by atomic mass is 35.5. The van der Waals surface area contributed by atoms with Gasteiger partial charge in [0, 0.05) is 24.0 Å². The summed E-state index contributed by atoms with van der Waals surface area (Å²) in [6, 6.07) is 7.85. The number of fused-ring (bicyclic) bond motifs is 2. The molecule has 1 saturated carbocycles. The molecule has 1 saturated heterocycles. The van der Waals surface area contributed by atoms with Gasteiger partial charge in [0.15, 0.2) is 0 Å². The van der Waals surface area contributed by atoms with Crippen molar-refractivity contribution in [3.63, 3.8) is 0 Å². The number of carbonyl (C=O) groups is 1. The summed E-state index contributed by atoms with van der Waals surface area (Å²) in [5, 5.41) is 4.86. The highest BCUT2D eigenvalue weighted by Crippen LogP contribution is 2.52. The molecule has 0 aromatic heterocycles. The van der Waals surface area contributed by atoms with Gasteiger partial charge in [0.05, 0.1) is 5.71 Å². The molecule has 2 bridgehead atoms. The van der Waals surface area contributed by atoms with Gasteiger partial charge < -0.3 is 9.74 Å². The minimum atomic E-state index is -0.489. The summed E-state index contributed by atoms with van der Waals surface area (Å²) in [4.78, 5) is 20.7. The number of hydrogen-bond acceptors (Lipinski definition) is 3. The van der Waals surface area contributed by atoms with Crippen LogP contribution < -0.4 is 0 Å². The van der Waals surface area contributed by atoms with Gasteiger partial charge in [0.2, 0.25) is 6.10 Å². The van der Waals surface area contributed by atoms with Crippen molar-refractivity contribution in [1.82, 2.24) is 4.90 Å². The van der Waals surface area contributed by atoms with Crippen LogP contribution in [0, 0.1) is 10.8 Å². The largest absolute Gasteiger partial charge is 0.382 e. The minimum Gasteiger partial charge on any atom is -0.382 e. The molecule has 0 radical (unpaired) electrons. The van der Waals surface area contributed by atoms with Gasteiger partial charge in [-0.25, -0.2) is 0 Å². The molecule has 2 aliphatic heterocycles. The van der Waals surface area contributed by atoms with Gasteiger partial charge in [0.25, 0.3) is 5.91 Å². The molecule has 0 spiro atoms. The fraction of sp³-hybridized carbons (Fsp3) is 0.600. The number of rotatable bonds is 2. The van der Waals surface area contributed by atoms with Crippen LogP contribution in [0.1, 0.15) is 52.0 Å². The Balaban J connectivity index is 1.46. The lowest BCUT2D eigenvalue weighted by Gasteiger charge is -2.39. The predicted molar refractivity (Wildman–Crippen MR) is 98.7 cm³/mol. The van der Waals surface area contributed by atoms with E-state index >= 15 is 0 Å². The van der Waals surface area contributed by atoms with Crippen LogP contribution in [-0.4, -0.2) is 35.2 Å². The zero-order chi connectivity index (χ0) is 17.8. The van der Waals surface area contributed by atoms with Crippen molar-refractivity contribution in [2.75, 3.05) is 6.54 Å². The Morgan fingerprint density at radius 2 is 1.96 bits per heavy atom. The molecule has 5 heteroatoms. The van der Waals surface area contributed by atoms with Gasteiger partial charge >= 0.3 is 0 Å². The third kappa shape index (κ3) is 3.17. The van der Waals surface area contributed by atoms with Crippen molar-refractivity contribution in [2.24, 2.45) is 16.0 Å². The Hall–Kier alpha value is -1.55. The first-order valence-electron chi connectivity index (χ1n) is 9.04. The molecule has 4 rings (SSSR count). The van der Waals surface area contributed by atoms with E-state index in [9.17, 15) is 4.79 Å². The smallest absolute Gasteiger partial charge is 0.267 e. The second-order valence-electron chi connectivity index (χ2n) is 9.02. The number of oxime groups is 1.